The van der Waals surface area contributed by atoms with Crippen LogP contribution in [0.1, 0.15) is 11.6 Å². The Morgan fingerprint density at radius 1 is 1.09 bits per heavy atom. The second kappa shape index (κ2) is 6.93. The first-order valence-corrected chi connectivity index (χ1v) is 6.97. The number of halogens is 4. The fraction of sp³-hybridized carbons (Fsp3) is 0.571. The van der Waals surface area contributed by atoms with Gasteiger partial charge in [0, 0.05) is 31.7 Å². The van der Waals surface area contributed by atoms with Crippen LogP contribution in [0.5, 0.6) is 11.5 Å². The van der Waals surface area contributed by atoms with Gasteiger partial charge in [-0.05, 0) is 6.07 Å². The van der Waals surface area contributed by atoms with Crippen LogP contribution in [-0.2, 0) is 0 Å². The number of ether oxygens (including phenoxy) is 2. The summed E-state index contributed by atoms with van der Waals surface area (Å²) in [5.74, 6) is 0.618. The van der Waals surface area contributed by atoms with Crippen molar-refractivity contribution in [3.63, 3.8) is 0 Å². The van der Waals surface area contributed by atoms with Gasteiger partial charge < -0.3 is 14.8 Å². The number of rotatable bonds is 2. The first kappa shape index (κ1) is 17.2. The molecule has 2 heterocycles. The summed E-state index contributed by atoms with van der Waals surface area (Å²) >= 11 is 0. The Morgan fingerprint density at radius 3 is 2.45 bits per heavy atom. The highest BCUT2D eigenvalue weighted by molar-refractivity contribution is 5.85. The largest absolute Gasteiger partial charge is 0.486 e. The maximum absolute atomic E-state index is 13.6. The Morgan fingerprint density at radius 2 is 1.77 bits per heavy atom. The summed E-state index contributed by atoms with van der Waals surface area (Å²) in [5.41, 5.74) is 0.140. The Balaban J connectivity index is 0.00000176. The van der Waals surface area contributed by atoms with E-state index in [1.807, 2.05) is 0 Å². The first-order chi connectivity index (χ1) is 10.1. The average Bonchev–Trinajstić information content (AvgIpc) is 2.47. The molecular formula is C14H18ClF3N2O2. The van der Waals surface area contributed by atoms with E-state index in [2.05, 4.69) is 5.32 Å². The number of para-hydroxylation sites is 1. The second-order valence-electron chi connectivity index (χ2n) is 5.10. The first-order valence-electron chi connectivity index (χ1n) is 6.97. The van der Waals surface area contributed by atoms with E-state index < -0.39 is 12.2 Å². The number of hydrogen-bond donors (Lipinski definition) is 1. The number of alkyl halides is 3. The second-order valence-corrected chi connectivity index (χ2v) is 5.10. The molecule has 0 radical (unpaired) electrons. The summed E-state index contributed by atoms with van der Waals surface area (Å²) in [5, 5.41) is 3.07. The number of nitrogens with zero attached hydrogens (tertiary/aromatic N) is 1. The molecule has 1 aromatic carbocycles. The third kappa shape index (κ3) is 3.42. The minimum absolute atomic E-state index is 0. The molecule has 0 aliphatic carbocycles. The lowest BCUT2D eigenvalue weighted by Crippen LogP contribution is -2.49. The molecule has 1 N–H and O–H groups in total. The highest BCUT2D eigenvalue weighted by Gasteiger charge is 2.46. The summed E-state index contributed by atoms with van der Waals surface area (Å²) in [4.78, 5) is 1.45. The monoisotopic (exact) mass is 338 g/mol. The zero-order valence-corrected chi connectivity index (χ0v) is 12.7. The number of nitrogens with one attached hydrogen (secondary N) is 1. The topological polar surface area (TPSA) is 33.7 Å². The van der Waals surface area contributed by atoms with E-state index in [-0.39, 0.29) is 30.3 Å². The maximum Gasteiger partial charge on any atom is 0.408 e. The molecule has 0 saturated carbocycles. The Labute approximate surface area is 133 Å². The van der Waals surface area contributed by atoms with Crippen LogP contribution < -0.4 is 14.8 Å². The van der Waals surface area contributed by atoms with Crippen LogP contribution in [0.15, 0.2) is 18.2 Å². The van der Waals surface area contributed by atoms with Gasteiger partial charge in [0.25, 0.3) is 0 Å². The van der Waals surface area contributed by atoms with Crippen LogP contribution in [0, 0.1) is 0 Å². The van der Waals surface area contributed by atoms with E-state index in [4.69, 9.17) is 9.47 Å². The number of fused-ring (bicyclic) bond motifs is 1. The van der Waals surface area contributed by atoms with Crippen molar-refractivity contribution in [2.24, 2.45) is 0 Å². The molecule has 22 heavy (non-hydrogen) atoms. The molecule has 1 fully saturated rings. The summed E-state index contributed by atoms with van der Waals surface area (Å²) in [6.45, 7) is 2.46. The molecule has 124 valence electrons. The molecular weight excluding hydrogens is 321 g/mol. The zero-order chi connectivity index (χ0) is 14.9. The van der Waals surface area contributed by atoms with Gasteiger partial charge in [0.1, 0.15) is 19.3 Å². The van der Waals surface area contributed by atoms with E-state index in [0.29, 0.717) is 38.5 Å². The van der Waals surface area contributed by atoms with E-state index in [1.165, 1.54) is 11.0 Å². The number of hydrogen-bond acceptors (Lipinski definition) is 4. The molecule has 0 aromatic heterocycles. The standard InChI is InChI=1S/C14H17F3N2O2.ClH/c15-14(16,17)13(19-6-4-18-5-7-19)10-2-1-3-11-12(10)21-9-8-20-11;/h1-3,13,18H,4-9H2;1H/t13-;/m1./s1. The summed E-state index contributed by atoms with van der Waals surface area (Å²) in [6.07, 6.45) is -4.35. The van der Waals surface area contributed by atoms with Crippen molar-refractivity contribution in [2.75, 3.05) is 39.4 Å². The van der Waals surface area contributed by atoms with Crippen molar-refractivity contribution in [3.05, 3.63) is 23.8 Å². The Kier molecular flexibility index (Phi) is 5.41. The third-order valence-corrected chi connectivity index (χ3v) is 3.72. The molecule has 4 nitrogen and oxygen atoms in total. The molecule has 1 aromatic rings. The summed E-state index contributed by atoms with van der Waals surface area (Å²) in [6, 6.07) is 3.05. The van der Waals surface area contributed by atoms with E-state index in [9.17, 15) is 13.2 Å². The number of piperazine rings is 1. The van der Waals surface area contributed by atoms with Crippen molar-refractivity contribution in [2.45, 2.75) is 12.2 Å². The zero-order valence-electron chi connectivity index (χ0n) is 11.9. The molecule has 0 spiro atoms. The van der Waals surface area contributed by atoms with Gasteiger partial charge in [-0.1, -0.05) is 12.1 Å². The van der Waals surface area contributed by atoms with E-state index in [0.717, 1.165) is 0 Å². The van der Waals surface area contributed by atoms with Crippen LogP contribution in [0.4, 0.5) is 13.2 Å². The van der Waals surface area contributed by atoms with Crippen molar-refractivity contribution < 1.29 is 22.6 Å². The molecule has 2 aliphatic rings. The van der Waals surface area contributed by atoms with Gasteiger partial charge in [0.05, 0.1) is 0 Å². The van der Waals surface area contributed by atoms with E-state index >= 15 is 0 Å². The lowest BCUT2D eigenvalue weighted by molar-refractivity contribution is -0.188. The lowest BCUT2D eigenvalue weighted by atomic mass is 10.0. The fourth-order valence-corrected chi connectivity index (χ4v) is 2.83. The highest BCUT2D eigenvalue weighted by Crippen LogP contribution is 2.45. The van der Waals surface area contributed by atoms with Crippen LogP contribution in [-0.4, -0.2) is 50.5 Å². The minimum Gasteiger partial charge on any atom is -0.486 e. The van der Waals surface area contributed by atoms with Gasteiger partial charge >= 0.3 is 6.18 Å². The average molecular weight is 339 g/mol. The number of benzene rings is 1. The summed E-state index contributed by atoms with van der Waals surface area (Å²) in [7, 11) is 0. The predicted molar refractivity (Wildman–Crippen MR) is 77.9 cm³/mol. The quantitative estimate of drug-likeness (QED) is 0.898. The molecule has 0 unspecified atom stereocenters. The van der Waals surface area contributed by atoms with Gasteiger partial charge in [0.2, 0.25) is 0 Å². The van der Waals surface area contributed by atoms with Crippen LogP contribution in [0.25, 0.3) is 0 Å². The molecule has 0 amide bonds. The van der Waals surface area contributed by atoms with Crippen LogP contribution in [0.2, 0.25) is 0 Å². The minimum atomic E-state index is -4.35. The molecule has 3 rings (SSSR count). The van der Waals surface area contributed by atoms with Crippen LogP contribution in [0.3, 0.4) is 0 Å². The van der Waals surface area contributed by atoms with Gasteiger partial charge in [-0.25, -0.2) is 0 Å². The van der Waals surface area contributed by atoms with Crippen LogP contribution >= 0.6 is 12.4 Å². The predicted octanol–water partition coefficient (Wildman–Crippen LogP) is 2.39. The molecule has 8 heteroatoms. The lowest BCUT2D eigenvalue weighted by Gasteiger charge is -2.37. The van der Waals surface area contributed by atoms with Gasteiger partial charge in [-0.15, -0.1) is 12.4 Å². The van der Waals surface area contributed by atoms with Crippen molar-refractivity contribution >= 4 is 12.4 Å². The fourth-order valence-electron chi connectivity index (χ4n) is 2.83. The van der Waals surface area contributed by atoms with Crippen molar-refractivity contribution in [1.82, 2.24) is 10.2 Å². The molecule has 2 aliphatic heterocycles. The van der Waals surface area contributed by atoms with E-state index in [1.54, 1.807) is 12.1 Å². The molecule has 1 saturated heterocycles. The van der Waals surface area contributed by atoms with Gasteiger partial charge in [0.15, 0.2) is 11.5 Å². The third-order valence-electron chi connectivity index (χ3n) is 3.72. The SMILES string of the molecule is Cl.FC(F)(F)[C@@H](c1cccc2c1OCCO2)N1CCNCC1. The summed E-state index contributed by atoms with van der Waals surface area (Å²) < 4.78 is 51.7. The molecule has 1 atom stereocenters. The normalized spacial score (nSPS) is 20.1. The Hall–Kier alpha value is -1.18. The smallest absolute Gasteiger partial charge is 0.408 e. The van der Waals surface area contributed by atoms with Crippen molar-refractivity contribution in [1.29, 1.82) is 0 Å². The molecule has 0 bridgehead atoms. The maximum atomic E-state index is 13.6. The highest BCUT2D eigenvalue weighted by atomic mass is 35.5. The van der Waals surface area contributed by atoms with Gasteiger partial charge in [-0.2, -0.15) is 13.2 Å². The van der Waals surface area contributed by atoms with Gasteiger partial charge in [-0.3, -0.25) is 4.90 Å². The van der Waals surface area contributed by atoms with Crippen molar-refractivity contribution in [3.8, 4) is 11.5 Å². The Bertz CT molecular complexity index is 507.